The molecule has 0 radical (unpaired) electrons. The van der Waals surface area contributed by atoms with Crippen molar-refractivity contribution in [3.05, 3.63) is 40.4 Å². The van der Waals surface area contributed by atoms with Crippen molar-refractivity contribution in [2.75, 3.05) is 12.3 Å². The average molecular weight is 372 g/mol. The summed E-state index contributed by atoms with van der Waals surface area (Å²) in [5, 5.41) is 0.612. The van der Waals surface area contributed by atoms with Gasteiger partial charge < -0.3 is 9.29 Å². The van der Waals surface area contributed by atoms with Gasteiger partial charge in [0.2, 0.25) is 0 Å². The van der Waals surface area contributed by atoms with E-state index in [9.17, 15) is 17.8 Å². The number of nitrogen functional groups attached to an aromatic ring is 1. The second-order valence-corrected chi connectivity index (χ2v) is 7.31. The number of benzene rings is 1. The summed E-state index contributed by atoms with van der Waals surface area (Å²) in [7, 11) is -2.45. The van der Waals surface area contributed by atoms with Gasteiger partial charge in [-0.1, -0.05) is 17.7 Å². The average Bonchev–Trinajstić information content (AvgIpc) is 2.75. The predicted octanol–water partition coefficient (Wildman–Crippen LogP) is 1.54. The van der Waals surface area contributed by atoms with Crippen molar-refractivity contribution in [2.24, 2.45) is 7.05 Å². The summed E-state index contributed by atoms with van der Waals surface area (Å²) in [6.07, 6.45) is 0. The Morgan fingerprint density at radius 1 is 1.29 bits per heavy atom. The number of nitrogens with zero attached hydrogens (tertiary/aromatic N) is 1. The topological polar surface area (TPSA) is 113 Å². The number of nitrogens with two attached hydrogens (primary N) is 1. The van der Waals surface area contributed by atoms with Gasteiger partial charge in [0.05, 0.1) is 18.6 Å². The number of aryl methyl sites for hydroxylation is 1. The van der Waals surface area contributed by atoms with Gasteiger partial charge in [-0.3, -0.25) is 5.73 Å². The molecule has 2 N–H and O–H groups in total. The standard InChI is InChI=1S/C8H12N2O2S.C7H8O3S/c1-4-12-7(11)6-5(2)10(3)8(9)13-6;1-6-2-4-7(5-3-6)11(8,9)10/h9H,4H2,1-3H3;2-5H,1H3,(H,8,9,10). The Morgan fingerprint density at radius 3 is 2.21 bits per heavy atom. The van der Waals surface area contributed by atoms with E-state index in [0.29, 0.717) is 16.6 Å². The number of carbonyl (C=O) groups excluding carboxylic acids is 1. The van der Waals surface area contributed by atoms with Crippen LogP contribution in [0.4, 0.5) is 5.13 Å². The summed E-state index contributed by atoms with van der Waals surface area (Å²) in [4.78, 5) is 11.8. The highest BCUT2D eigenvalue weighted by molar-refractivity contribution is 7.85. The quantitative estimate of drug-likeness (QED) is 0.497. The fourth-order valence-electron chi connectivity index (χ4n) is 1.66. The van der Waals surface area contributed by atoms with Crippen LogP contribution in [0.3, 0.4) is 0 Å². The van der Waals surface area contributed by atoms with Crippen LogP contribution in [0.1, 0.15) is 27.9 Å². The summed E-state index contributed by atoms with van der Waals surface area (Å²) < 4.78 is 37.8. The van der Waals surface area contributed by atoms with Gasteiger partial charge in [0, 0.05) is 0 Å². The first-order chi connectivity index (χ1) is 11.1. The van der Waals surface area contributed by atoms with Crippen molar-refractivity contribution in [1.82, 2.24) is 0 Å². The molecule has 0 fully saturated rings. The molecule has 0 bridgehead atoms. The van der Waals surface area contributed by atoms with Crippen molar-refractivity contribution in [3.63, 3.8) is 0 Å². The number of aromatic nitrogens is 1. The third-order valence-electron chi connectivity index (χ3n) is 3.14. The Bertz CT molecular complexity index is 811. The van der Waals surface area contributed by atoms with Gasteiger partial charge in [-0.15, -0.1) is 0 Å². The van der Waals surface area contributed by atoms with E-state index in [1.807, 2.05) is 20.9 Å². The number of thiazole rings is 1. The smallest absolute Gasteiger partial charge is 0.352 e. The van der Waals surface area contributed by atoms with Crippen molar-refractivity contribution >= 4 is 32.6 Å². The molecule has 0 aliphatic rings. The van der Waals surface area contributed by atoms with E-state index in [1.54, 1.807) is 23.6 Å². The Labute approximate surface area is 145 Å². The highest BCUT2D eigenvalue weighted by Crippen LogP contribution is 2.18. The minimum atomic E-state index is -4.27. The number of esters is 1. The van der Waals surface area contributed by atoms with Crippen LogP contribution in [-0.2, 0) is 21.9 Å². The van der Waals surface area contributed by atoms with Gasteiger partial charge in [-0.2, -0.15) is 0 Å². The summed E-state index contributed by atoms with van der Waals surface area (Å²) in [5.41, 5.74) is 7.43. The lowest BCUT2D eigenvalue weighted by Gasteiger charge is -2.05. The first-order valence-corrected chi connectivity index (χ1v) is 9.25. The monoisotopic (exact) mass is 372 g/mol. The molecule has 0 saturated heterocycles. The number of ether oxygens (including phenoxy) is 1. The molecule has 1 aromatic heterocycles. The zero-order valence-electron chi connectivity index (χ0n) is 13.9. The summed E-state index contributed by atoms with van der Waals surface area (Å²) in [6, 6.07) is 5.78. The largest absolute Gasteiger partial charge is 0.744 e. The molecule has 0 unspecified atom stereocenters. The van der Waals surface area contributed by atoms with Crippen molar-refractivity contribution in [1.29, 1.82) is 0 Å². The summed E-state index contributed by atoms with van der Waals surface area (Å²) in [6.45, 7) is 5.84. The normalized spacial score (nSPS) is 10.7. The highest BCUT2D eigenvalue weighted by atomic mass is 32.2. The first kappa shape index (κ1) is 20.1. The van der Waals surface area contributed by atoms with Gasteiger partial charge in [0.1, 0.15) is 15.8 Å². The maximum Gasteiger partial charge on any atom is 0.352 e. The number of anilines is 1. The third kappa shape index (κ3) is 5.29. The fraction of sp³-hybridized carbons (Fsp3) is 0.333. The number of hydrogen-bond donors (Lipinski definition) is 1. The van der Waals surface area contributed by atoms with Crippen molar-refractivity contribution in [3.8, 4) is 0 Å². The van der Waals surface area contributed by atoms with Gasteiger partial charge >= 0.3 is 11.1 Å². The Hall–Kier alpha value is -1.97. The molecule has 0 aliphatic carbocycles. The molecule has 24 heavy (non-hydrogen) atoms. The van der Waals surface area contributed by atoms with E-state index in [1.165, 1.54) is 23.5 Å². The molecule has 2 aromatic rings. The fourth-order valence-corrected chi connectivity index (χ4v) is 3.03. The van der Waals surface area contributed by atoms with Crippen LogP contribution >= 0.6 is 11.3 Å². The second-order valence-electron chi connectivity index (χ2n) is 4.90. The zero-order valence-corrected chi connectivity index (χ0v) is 15.5. The Balaban J connectivity index is 0.000000243. The molecule has 1 heterocycles. The number of rotatable bonds is 3. The van der Waals surface area contributed by atoms with Crippen LogP contribution in [0.25, 0.3) is 0 Å². The Kier molecular flexibility index (Phi) is 6.88. The maximum atomic E-state index is 11.4. The maximum absolute atomic E-state index is 11.4. The van der Waals surface area contributed by atoms with E-state index in [-0.39, 0.29) is 10.9 Å². The van der Waals surface area contributed by atoms with Crippen molar-refractivity contribution in [2.45, 2.75) is 25.7 Å². The molecule has 0 saturated carbocycles. The molecule has 1 aromatic carbocycles. The van der Waals surface area contributed by atoms with Crippen molar-refractivity contribution < 1.29 is 27.1 Å². The number of hydrogen-bond acceptors (Lipinski definition) is 7. The number of carbonyl (C=O) groups is 1. The molecule has 0 amide bonds. The summed E-state index contributed by atoms with van der Waals surface area (Å²) in [5.74, 6) is -0.294. The molecule has 132 valence electrons. The lowest BCUT2D eigenvalue weighted by molar-refractivity contribution is -0.658. The molecule has 0 aliphatic heterocycles. The van der Waals surface area contributed by atoms with Gasteiger partial charge in [0.25, 0.3) is 0 Å². The molecular formula is C15H20N2O5S2. The van der Waals surface area contributed by atoms with Crippen LogP contribution < -0.4 is 10.3 Å². The first-order valence-electron chi connectivity index (χ1n) is 7.02. The molecule has 7 nitrogen and oxygen atoms in total. The van der Waals surface area contributed by atoms with Crippen LogP contribution in [0.5, 0.6) is 0 Å². The zero-order chi connectivity index (χ0) is 18.5. The lowest BCUT2D eigenvalue weighted by atomic mass is 10.2. The van der Waals surface area contributed by atoms with E-state index in [4.69, 9.17) is 10.5 Å². The molecule has 0 atom stereocenters. The van der Waals surface area contributed by atoms with E-state index < -0.39 is 10.1 Å². The minimum absolute atomic E-state index is 0.178. The SMILES string of the molecule is CCOC(=O)c1sc(N)[n+](C)c1C.Cc1ccc(S(=O)(=O)[O-])cc1. The van der Waals surface area contributed by atoms with E-state index >= 15 is 0 Å². The molecule has 9 heteroatoms. The van der Waals surface area contributed by atoms with Crippen LogP contribution in [-0.4, -0.2) is 25.5 Å². The van der Waals surface area contributed by atoms with Gasteiger partial charge in [0.15, 0.2) is 4.88 Å². The third-order valence-corrected chi connectivity index (χ3v) is 5.14. The lowest BCUT2D eigenvalue weighted by Crippen LogP contribution is -2.32. The van der Waals surface area contributed by atoms with E-state index in [0.717, 1.165) is 11.3 Å². The Morgan fingerprint density at radius 2 is 1.83 bits per heavy atom. The predicted molar refractivity (Wildman–Crippen MR) is 89.7 cm³/mol. The second kappa shape index (κ2) is 8.22. The van der Waals surface area contributed by atoms with Crippen LogP contribution in [0, 0.1) is 13.8 Å². The van der Waals surface area contributed by atoms with Gasteiger partial charge in [-0.25, -0.2) is 17.8 Å². The van der Waals surface area contributed by atoms with E-state index in [2.05, 4.69) is 0 Å². The van der Waals surface area contributed by atoms with Crippen LogP contribution in [0.15, 0.2) is 29.2 Å². The molecule has 0 spiro atoms. The minimum Gasteiger partial charge on any atom is -0.744 e. The molecular weight excluding hydrogens is 352 g/mol. The van der Waals surface area contributed by atoms with Gasteiger partial charge in [-0.05, 0) is 44.2 Å². The van der Waals surface area contributed by atoms with Crippen LogP contribution in [0.2, 0.25) is 0 Å². The summed E-state index contributed by atoms with van der Waals surface area (Å²) >= 11 is 1.26. The molecule has 2 rings (SSSR count). The highest BCUT2D eigenvalue weighted by Gasteiger charge is 2.21.